The quantitative estimate of drug-likeness (QED) is 0.783. The maximum absolute atomic E-state index is 11.8. The molecule has 0 aromatic heterocycles. The van der Waals surface area contributed by atoms with Gasteiger partial charge in [0.15, 0.2) is 5.75 Å². The predicted molar refractivity (Wildman–Crippen MR) is 92.0 cm³/mol. The van der Waals surface area contributed by atoms with Crippen LogP contribution in [-0.4, -0.2) is 7.11 Å². The minimum absolute atomic E-state index is 0.130. The van der Waals surface area contributed by atoms with Crippen molar-refractivity contribution in [3.8, 4) is 5.75 Å². The molecule has 0 atom stereocenters. The molecule has 0 saturated heterocycles. The van der Waals surface area contributed by atoms with Gasteiger partial charge in [-0.15, -0.1) is 0 Å². The lowest BCUT2D eigenvalue weighted by atomic mass is 9.86. The monoisotopic (exact) mass is 316 g/mol. The molecule has 1 aliphatic heterocycles. The van der Waals surface area contributed by atoms with E-state index in [2.05, 4.69) is 41.5 Å². The van der Waals surface area contributed by atoms with Crippen molar-refractivity contribution in [1.29, 1.82) is 0 Å². The highest BCUT2D eigenvalue weighted by atomic mass is 16.5. The first-order valence-electron chi connectivity index (χ1n) is 7.66. The van der Waals surface area contributed by atoms with Crippen LogP contribution >= 0.6 is 0 Å². The van der Waals surface area contributed by atoms with Crippen LogP contribution in [0.3, 0.4) is 0 Å². The van der Waals surface area contributed by atoms with Gasteiger partial charge in [-0.1, -0.05) is 41.5 Å². The lowest BCUT2D eigenvalue weighted by molar-refractivity contribution is 0.161. The number of rotatable bonds is 2. The Kier molecular flexibility index (Phi) is 4.14. The maximum Gasteiger partial charge on any atom is 0.268 e. The largest absolute Gasteiger partial charge is 0.492 e. The molecule has 1 aromatic carbocycles. The van der Waals surface area contributed by atoms with Gasteiger partial charge in [0.05, 0.1) is 12.7 Å². The van der Waals surface area contributed by atoms with Crippen LogP contribution in [0.25, 0.3) is 6.08 Å². The molecule has 2 rings (SSSR count). The Bertz CT molecular complexity index is 751. The Morgan fingerprint density at radius 3 is 1.78 bits per heavy atom. The first-order valence-corrected chi connectivity index (χ1v) is 7.66. The van der Waals surface area contributed by atoms with Gasteiger partial charge in [-0.2, -0.15) is 0 Å². The normalized spacial score (nSPS) is 15.9. The Morgan fingerprint density at radius 1 is 0.913 bits per heavy atom. The molecule has 1 aromatic rings. The Hall–Kier alpha value is -2.10. The van der Waals surface area contributed by atoms with Gasteiger partial charge in [0.25, 0.3) is 5.43 Å². The SMILES string of the molecule is COc1c(C=C2C=C(C(C)(C)C)OC(C(C)(C)C)=C2)c(=O)c1=O. The van der Waals surface area contributed by atoms with Crippen molar-refractivity contribution in [1.82, 2.24) is 0 Å². The van der Waals surface area contributed by atoms with E-state index >= 15 is 0 Å². The Balaban J connectivity index is 2.55. The van der Waals surface area contributed by atoms with Gasteiger partial charge in [-0.3, -0.25) is 9.59 Å². The van der Waals surface area contributed by atoms with Crippen LogP contribution in [0.15, 0.2) is 38.8 Å². The van der Waals surface area contributed by atoms with E-state index in [1.165, 1.54) is 7.11 Å². The topological polar surface area (TPSA) is 52.6 Å². The summed E-state index contributed by atoms with van der Waals surface area (Å²) in [6, 6.07) is 0. The van der Waals surface area contributed by atoms with Crippen molar-refractivity contribution in [3.05, 3.63) is 55.3 Å². The third-order valence-corrected chi connectivity index (χ3v) is 3.71. The maximum atomic E-state index is 11.8. The molecule has 4 heteroatoms. The fraction of sp³-hybridized carbons (Fsp3) is 0.474. The van der Waals surface area contributed by atoms with E-state index in [-0.39, 0.29) is 16.6 Å². The highest BCUT2D eigenvalue weighted by molar-refractivity contribution is 5.68. The van der Waals surface area contributed by atoms with Gasteiger partial charge in [-0.05, 0) is 23.8 Å². The molecule has 0 radical (unpaired) electrons. The van der Waals surface area contributed by atoms with Crippen molar-refractivity contribution in [2.75, 3.05) is 7.11 Å². The molecule has 0 saturated carbocycles. The molecule has 0 spiro atoms. The number of methoxy groups -OCH3 is 1. The van der Waals surface area contributed by atoms with Crippen LogP contribution in [0.1, 0.15) is 47.1 Å². The summed E-state index contributed by atoms with van der Waals surface area (Å²) in [7, 11) is 1.40. The van der Waals surface area contributed by atoms with Crippen molar-refractivity contribution >= 4 is 6.08 Å². The van der Waals surface area contributed by atoms with Gasteiger partial charge in [0, 0.05) is 10.8 Å². The van der Waals surface area contributed by atoms with E-state index in [1.807, 2.05) is 12.2 Å². The fourth-order valence-electron chi connectivity index (χ4n) is 2.23. The van der Waals surface area contributed by atoms with E-state index in [1.54, 1.807) is 6.08 Å². The second-order valence-corrected chi connectivity index (χ2v) is 7.87. The van der Waals surface area contributed by atoms with Gasteiger partial charge in [0.1, 0.15) is 11.5 Å². The van der Waals surface area contributed by atoms with E-state index in [4.69, 9.17) is 9.47 Å². The Morgan fingerprint density at radius 2 is 1.39 bits per heavy atom. The fourth-order valence-corrected chi connectivity index (χ4v) is 2.23. The highest BCUT2D eigenvalue weighted by Gasteiger charge is 2.29. The molecule has 0 aliphatic carbocycles. The summed E-state index contributed by atoms with van der Waals surface area (Å²) < 4.78 is 11.1. The van der Waals surface area contributed by atoms with E-state index in [9.17, 15) is 9.59 Å². The minimum atomic E-state index is -0.563. The summed E-state index contributed by atoms with van der Waals surface area (Å²) in [4.78, 5) is 23.2. The average molecular weight is 316 g/mol. The zero-order valence-electron chi connectivity index (χ0n) is 14.9. The summed E-state index contributed by atoms with van der Waals surface area (Å²) in [5, 5.41) is 0. The number of hydrogen-bond acceptors (Lipinski definition) is 4. The van der Waals surface area contributed by atoms with Crippen molar-refractivity contribution in [3.63, 3.8) is 0 Å². The van der Waals surface area contributed by atoms with Crippen molar-refractivity contribution in [2.45, 2.75) is 41.5 Å². The lowest BCUT2D eigenvalue weighted by Crippen LogP contribution is -2.34. The van der Waals surface area contributed by atoms with Crippen molar-refractivity contribution in [2.24, 2.45) is 10.8 Å². The molecule has 23 heavy (non-hydrogen) atoms. The van der Waals surface area contributed by atoms with Gasteiger partial charge < -0.3 is 9.47 Å². The first-order chi connectivity index (χ1) is 10.4. The average Bonchev–Trinajstić information content (AvgIpc) is 2.44. The van der Waals surface area contributed by atoms with Crippen LogP contribution in [0.4, 0.5) is 0 Å². The molecule has 0 unspecified atom stereocenters. The van der Waals surface area contributed by atoms with Crippen LogP contribution in [-0.2, 0) is 4.74 Å². The summed E-state index contributed by atoms with van der Waals surface area (Å²) in [6.45, 7) is 12.4. The molecular formula is C19H24O4. The predicted octanol–water partition coefficient (Wildman–Crippen LogP) is 3.56. The molecule has 0 amide bonds. The smallest absolute Gasteiger partial charge is 0.268 e. The summed E-state index contributed by atoms with van der Waals surface area (Å²) in [5.74, 6) is 1.79. The Labute approximate surface area is 136 Å². The number of hydrogen-bond donors (Lipinski definition) is 0. The molecule has 124 valence electrons. The van der Waals surface area contributed by atoms with Gasteiger partial charge >= 0.3 is 0 Å². The number of ether oxygens (including phenoxy) is 2. The first kappa shape index (κ1) is 17.3. The molecule has 1 aliphatic rings. The molecule has 0 fully saturated rings. The van der Waals surface area contributed by atoms with Gasteiger partial charge in [0.2, 0.25) is 5.43 Å². The summed E-state index contributed by atoms with van der Waals surface area (Å²) in [6.07, 6.45) is 5.51. The minimum Gasteiger partial charge on any atom is -0.492 e. The summed E-state index contributed by atoms with van der Waals surface area (Å²) in [5.41, 5.74) is -0.243. The van der Waals surface area contributed by atoms with Gasteiger partial charge in [-0.25, -0.2) is 0 Å². The second-order valence-electron chi connectivity index (χ2n) is 7.87. The molecule has 0 bridgehead atoms. The number of allylic oxidation sites excluding steroid dienone is 5. The van der Waals surface area contributed by atoms with Crippen LogP contribution in [0.5, 0.6) is 5.75 Å². The summed E-state index contributed by atoms with van der Waals surface area (Å²) >= 11 is 0. The van der Waals surface area contributed by atoms with Crippen LogP contribution < -0.4 is 15.6 Å². The van der Waals surface area contributed by atoms with Crippen molar-refractivity contribution < 1.29 is 9.47 Å². The van der Waals surface area contributed by atoms with E-state index < -0.39 is 10.9 Å². The lowest BCUT2D eigenvalue weighted by Gasteiger charge is -2.32. The third kappa shape index (κ3) is 3.31. The molecule has 0 N–H and O–H groups in total. The second kappa shape index (κ2) is 5.52. The zero-order chi connectivity index (χ0) is 17.6. The van der Waals surface area contributed by atoms with Crippen LogP contribution in [0, 0.1) is 10.8 Å². The van der Waals surface area contributed by atoms with E-state index in [0.717, 1.165) is 17.1 Å². The third-order valence-electron chi connectivity index (χ3n) is 3.71. The molecule has 4 nitrogen and oxygen atoms in total. The van der Waals surface area contributed by atoms with E-state index in [0.29, 0.717) is 5.56 Å². The zero-order valence-corrected chi connectivity index (χ0v) is 14.9. The molecular weight excluding hydrogens is 292 g/mol. The standard InChI is InChI=1S/C19H24O4/c1-18(2,3)13-9-11(10-14(23-13)19(4,5)6)8-12-15(20)16(21)17(12)22-7/h8-10H,1-7H3. The molecule has 1 heterocycles. The highest BCUT2D eigenvalue weighted by Crippen LogP contribution is 2.39. The van der Waals surface area contributed by atoms with Crippen LogP contribution in [0.2, 0.25) is 0 Å².